The van der Waals surface area contributed by atoms with Gasteiger partial charge in [-0.3, -0.25) is 4.79 Å². The molecular weight excluding hydrogens is 276 g/mol. The Morgan fingerprint density at radius 1 is 1.25 bits per heavy atom. The minimum absolute atomic E-state index is 0.134. The summed E-state index contributed by atoms with van der Waals surface area (Å²) < 4.78 is 24.0. The van der Waals surface area contributed by atoms with Crippen LogP contribution in [0, 0.1) is 0 Å². The first-order chi connectivity index (χ1) is 9.50. The summed E-state index contributed by atoms with van der Waals surface area (Å²) in [5.74, 6) is -0.417. The predicted octanol–water partition coefficient (Wildman–Crippen LogP) is 1.19. The van der Waals surface area contributed by atoms with Crippen LogP contribution in [0.3, 0.4) is 0 Å². The van der Waals surface area contributed by atoms with E-state index in [0.29, 0.717) is 13.0 Å². The molecule has 1 aliphatic rings. The third-order valence-corrected chi connectivity index (χ3v) is 5.26. The number of hydrogen-bond acceptors (Lipinski definition) is 4. The molecule has 1 N–H and O–H groups in total. The highest BCUT2D eigenvalue weighted by atomic mass is 32.2. The first-order valence-electron chi connectivity index (χ1n) is 7.70. The Bertz CT molecular complexity index is 389. The summed E-state index contributed by atoms with van der Waals surface area (Å²) in [5.41, 5.74) is 0. The van der Waals surface area contributed by atoms with Crippen molar-refractivity contribution >= 4 is 15.7 Å². The van der Waals surface area contributed by atoms with E-state index in [1.54, 1.807) is 4.90 Å². The molecule has 1 unspecified atom stereocenters. The number of rotatable bonds is 9. The van der Waals surface area contributed by atoms with Gasteiger partial charge in [-0.05, 0) is 25.8 Å². The molecule has 0 aromatic carbocycles. The van der Waals surface area contributed by atoms with Crippen molar-refractivity contribution in [3.8, 4) is 0 Å². The van der Waals surface area contributed by atoms with Crippen molar-refractivity contribution in [1.29, 1.82) is 0 Å². The van der Waals surface area contributed by atoms with Gasteiger partial charge in [0.25, 0.3) is 0 Å². The minimum Gasteiger partial charge on any atom is -0.338 e. The molecule has 0 bridgehead atoms. The van der Waals surface area contributed by atoms with E-state index in [0.717, 1.165) is 38.8 Å². The highest BCUT2D eigenvalue weighted by molar-refractivity contribution is 7.92. The third-order valence-electron chi connectivity index (χ3n) is 3.66. The van der Waals surface area contributed by atoms with Crippen molar-refractivity contribution < 1.29 is 13.2 Å². The Kier molecular flexibility index (Phi) is 7.51. The van der Waals surface area contributed by atoms with Crippen molar-refractivity contribution in [1.82, 2.24) is 10.2 Å². The minimum atomic E-state index is -3.26. The van der Waals surface area contributed by atoms with Crippen molar-refractivity contribution in [2.45, 2.75) is 52.0 Å². The summed E-state index contributed by atoms with van der Waals surface area (Å²) in [6.45, 7) is 6.38. The van der Waals surface area contributed by atoms with Crippen LogP contribution < -0.4 is 5.32 Å². The summed E-state index contributed by atoms with van der Waals surface area (Å²) in [4.78, 5) is 14.0. The van der Waals surface area contributed by atoms with Gasteiger partial charge in [-0.25, -0.2) is 8.42 Å². The molecule has 5 nitrogen and oxygen atoms in total. The Hall–Kier alpha value is -0.620. The van der Waals surface area contributed by atoms with Crippen molar-refractivity contribution in [2.75, 3.05) is 31.1 Å². The van der Waals surface area contributed by atoms with Gasteiger partial charge in [-0.15, -0.1) is 0 Å². The van der Waals surface area contributed by atoms with Gasteiger partial charge < -0.3 is 10.2 Å². The van der Waals surface area contributed by atoms with E-state index in [2.05, 4.69) is 5.32 Å². The topological polar surface area (TPSA) is 66.5 Å². The number of carbonyl (C=O) groups is 1. The van der Waals surface area contributed by atoms with Crippen LogP contribution in [-0.4, -0.2) is 56.4 Å². The fourth-order valence-electron chi connectivity index (χ4n) is 2.57. The van der Waals surface area contributed by atoms with Crippen LogP contribution in [0.15, 0.2) is 0 Å². The SMILES string of the molecule is CCCCCS(=O)(=O)CC(=O)N(CCC)C1CCNC1. The lowest BCUT2D eigenvalue weighted by Crippen LogP contribution is -2.44. The average molecular weight is 304 g/mol. The molecule has 0 aromatic heterocycles. The lowest BCUT2D eigenvalue weighted by Gasteiger charge is -2.28. The van der Waals surface area contributed by atoms with E-state index >= 15 is 0 Å². The molecule has 1 heterocycles. The van der Waals surface area contributed by atoms with Gasteiger partial charge >= 0.3 is 0 Å². The van der Waals surface area contributed by atoms with Gasteiger partial charge in [-0.1, -0.05) is 26.7 Å². The fraction of sp³-hybridized carbons (Fsp3) is 0.929. The molecule has 1 saturated heterocycles. The van der Waals surface area contributed by atoms with E-state index in [9.17, 15) is 13.2 Å². The second-order valence-electron chi connectivity index (χ2n) is 5.53. The number of hydrogen-bond donors (Lipinski definition) is 1. The number of nitrogens with zero attached hydrogens (tertiary/aromatic N) is 1. The van der Waals surface area contributed by atoms with Crippen LogP contribution in [0.25, 0.3) is 0 Å². The first-order valence-corrected chi connectivity index (χ1v) is 9.53. The van der Waals surface area contributed by atoms with Gasteiger partial charge in [0.1, 0.15) is 5.75 Å². The molecule has 0 aliphatic carbocycles. The molecule has 20 heavy (non-hydrogen) atoms. The van der Waals surface area contributed by atoms with Gasteiger partial charge in [-0.2, -0.15) is 0 Å². The molecule has 0 aromatic rings. The standard InChI is InChI=1S/C14H28N2O3S/c1-3-5-6-10-20(18,19)12-14(17)16(9-4-2)13-7-8-15-11-13/h13,15H,3-12H2,1-2H3. The molecule has 1 atom stereocenters. The lowest BCUT2D eigenvalue weighted by atomic mass is 10.2. The smallest absolute Gasteiger partial charge is 0.238 e. The normalized spacial score (nSPS) is 19.2. The van der Waals surface area contributed by atoms with E-state index in [1.807, 2.05) is 13.8 Å². The molecule has 1 fully saturated rings. The molecule has 118 valence electrons. The van der Waals surface area contributed by atoms with Crippen molar-refractivity contribution in [3.63, 3.8) is 0 Å². The largest absolute Gasteiger partial charge is 0.338 e. The maximum Gasteiger partial charge on any atom is 0.238 e. The Balaban J connectivity index is 2.56. The molecule has 1 rings (SSSR count). The van der Waals surface area contributed by atoms with Crippen LogP contribution in [0.5, 0.6) is 0 Å². The molecule has 0 spiro atoms. The maximum absolute atomic E-state index is 12.3. The summed E-state index contributed by atoms with van der Waals surface area (Å²) in [7, 11) is -3.26. The van der Waals surface area contributed by atoms with E-state index < -0.39 is 9.84 Å². The van der Waals surface area contributed by atoms with Crippen LogP contribution in [-0.2, 0) is 14.6 Å². The molecular formula is C14H28N2O3S. The molecule has 0 saturated carbocycles. The second-order valence-corrected chi connectivity index (χ2v) is 7.72. The number of amides is 1. The summed E-state index contributed by atoms with van der Waals surface area (Å²) in [6, 6.07) is 0.160. The zero-order valence-corrected chi connectivity index (χ0v) is 13.5. The maximum atomic E-state index is 12.3. The van der Waals surface area contributed by atoms with E-state index in [-0.39, 0.29) is 23.5 Å². The van der Waals surface area contributed by atoms with Crippen LogP contribution in [0.1, 0.15) is 46.0 Å². The predicted molar refractivity (Wildman–Crippen MR) is 81.5 cm³/mol. The molecule has 1 amide bonds. The van der Waals surface area contributed by atoms with E-state index in [4.69, 9.17) is 0 Å². The second kappa shape index (κ2) is 8.62. The Morgan fingerprint density at radius 3 is 2.55 bits per heavy atom. The fourth-order valence-corrected chi connectivity index (χ4v) is 3.90. The summed E-state index contributed by atoms with van der Waals surface area (Å²) in [6.07, 6.45) is 4.32. The number of unbranched alkanes of at least 4 members (excludes halogenated alkanes) is 2. The third kappa shape index (κ3) is 5.79. The highest BCUT2D eigenvalue weighted by Crippen LogP contribution is 2.11. The molecule has 1 aliphatic heterocycles. The average Bonchev–Trinajstić information content (AvgIpc) is 2.88. The van der Waals surface area contributed by atoms with Crippen LogP contribution in [0.4, 0.5) is 0 Å². The van der Waals surface area contributed by atoms with Crippen molar-refractivity contribution in [3.05, 3.63) is 0 Å². The molecule has 6 heteroatoms. The quantitative estimate of drug-likeness (QED) is 0.650. The van der Waals surface area contributed by atoms with Crippen LogP contribution >= 0.6 is 0 Å². The van der Waals surface area contributed by atoms with Gasteiger partial charge in [0.2, 0.25) is 5.91 Å². The first kappa shape index (κ1) is 17.4. The van der Waals surface area contributed by atoms with Gasteiger partial charge in [0, 0.05) is 19.1 Å². The highest BCUT2D eigenvalue weighted by Gasteiger charge is 2.28. The summed E-state index contributed by atoms with van der Waals surface area (Å²) in [5, 5.41) is 3.23. The Morgan fingerprint density at radius 2 is 2.00 bits per heavy atom. The number of nitrogens with one attached hydrogen (secondary N) is 1. The van der Waals surface area contributed by atoms with Crippen LogP contribution in [0.2, 0.25) is 0 Å². The Labute approximate surface area is 123 Å². The molecule has 0 radical (unpaired) electrons. The van der Waals surface area contributed by atoms with E-state index in [1.165, 1.54) is 0 Å². The zero-order valence-electron chi connectivity index (χ0n) is 12.7. The zero-order chi connectivity index (χ0) is 15.0. The lowest BCUT2D eigenvalue weighted by molar-refractivity contribution is -0.130. The van der Waals surface area contributed by atoms with Gasteiger partial charge in [0.05, 0.1) is 5.75 Å². The number of sulfone groups is 1. The monoisotopic (exact) mass is 304 g/mol. The van der Waals surface area contributed by atoms with Gasteiger partial charge in [0.15, 0.2) is 9.84 Å². The van der Waals surface area contributed by atoms with Crippen molar-refractivity contribution in [2.24, 2.45) is 0 Å². The number of carbonyl (C=O) groups excluding carboxylic acids is 1. The summed E-state index contributed by atoms with van der Waals surface area (Å²) >= 11 is 0.